The van der Waals surface area contributed by atoms with E-state index in [1.54, 1.807) is 24.3 Å². The first-order valence-electron chi connectivity index (χ1n) is 12.4. The number of aryl methyl sites for hydroxylation is 1. The summed E-state index contributed by atoms with van der Waals surface area (Å²) in [4.78, 5) is 39.0. The second-order valence-electron chi connectivity index (χ2n) is 9.91. The van der Waals surface area contributed by atoms with Crippen LogP contribution >= 0.6 is 0 Å². The van der Waals surface area contributed by atoms with Crippen LogP contribution < -0.4 is 16.0 Å². The number of benzene rings is 1. The SMILES string of the molecule is COC(=O)Cc1cccc(NC(=O)C2(CN)CCN(c3ncnc4[nH]c5c(c34)CC(F)(F)CC5)CC2)c1. The fourth-order valence-corrected chi connectivity index (χ4v) is 5.35. The van der Waals surface area contributed by atoms with E-state index in [9.17, 15) is 18.4 Å². The molecule has 3 aromatic rings. The summed E-state index contributed by atoms with van der Waals surface area (Å²) in [5.74, 6) is -2.68. The van der Waals surface area contributed by atoms with Gasteiger partial charge in [0.1, 0.15) is 17.8 Å². The van der Waals surface area contributed by atoms with Gasteiger partial charge in [0.25, 0.3) is 5.92 Å². The predicted octanol–water partition coefficient (Wildman–Crippen LogP) is 2.98. The van der Waals surface area contributed by atoms with Crippen molar-refractivity contribution in [3.63, 3.8) is 0 Å². The van der Waals surface area contributed by atoms with Crippen LogP contribution in [0.25, 0.3) is 11.0 Å². The van der Waals surface area contributed by atoms with Crippen molar-refractivity contribution in [3.8, 4) is 0 Å². The molecule has 196 valence electrons. The Labute approximate surface area is 212 Å². The van der Waals surface area contributed by atoms with Gasteiger partial charge in [-0.05, 0) is 42.5 Å². The van der Waals surface area contributed by atoms with Crippen LogP contribution in [0.3, 0.4) is 0 Å². The number of piperidine rings is 1. The summed E-state index contributed by atoms with van der Waals surface area (Å²) >= 11 is 0. The van der Waals surface area contributed by atoms with Gasteiger partial charge in [-0.3, -0.25) is 9.59 Å². The van der Waals surface area contributed by atoms with Gasteiger partial charge in [-0.25, -0.2) is 18.7 Å². The molecule has 1 saturated heterocycles. The topological polar surface area (TPSA) is 126 Å². The predicted molar refractivity (Wildman–Crippen MR) is 135 cm³/mol. The average Bonchev–Trinajstić information content (AvgIpc) is 3.26. The normalized spacial score (nSPS) is 18.3. The van der Waals surface area contributed by atoms with E-state index in [-0.39, 0.29) is 44.1 Å². The highest BCUT2D eigenvalue weighted by molar-refractivity contribution is 5.96. The number of nitrogens with zero attached hydrogens (tertiary/aromatic N) is 3. The maximum absolute atomic E-state index is 14.2. The molecule has 11 heteroatoms. The lowest BCUT2D eigenvalue weighted by Crippen LogP contribution is -2.50. The van der Waals surface area contributed by atoms with Gasteiger partial charge in [-0.1, -0.05) is 12.1 Å². The molecule has 5 rings (SSSR count). The van der Waals surface area contributed by atoms with Crippen molar-refractivity contribution in [2.24, 2.45) is 11.1 Å². The number of aromatic amines is 1. The van der Waals surface area contributed by atoms with Crippen molar-refractivity contribution >= 4 is 34.4 Å². The van der Waals surface area contributed by atoms with Crippen molar-refractivity contribution in [1.82, 2.24) is 15.0 Å². The molecule has 0 bridgehead atoms. The molecule has 0 unspecified atom stereocenters. The third-order valence-corrected chi connectivity index (χ3v) is 7.59. The first-order valence-corrected chi connectivity index (χ1v) is 12.4. The van der Waals surface area contributed by atoms with E-state index in [1.165, 1.54) is 13.4 Å². The van der Waals surface area contributed by atoms with E-state index in [1.807, 2.05) is 4.90 Å². The van der Waals surface area contributed by atoms with Gasteiger partial charge in [0.2, 0.25) is 5.91 Å². The fraction of sp³-hybridized carbons (Fsp3) is 0.462. The molecule has 9 nitrogen and oxygen atoms in total. The van der Waals surface area contributed by atoms with Gasteiger partial charge in [-0.15, -0.1) is 0 Å². The number of nitrogens with two attached hydrogens (primary N) is 1. The summed E-state index contributed by atoms with van der Waals surface area (Å²) in [5.41, 5.74) is 8.60. The minimum atomic E-state index is -2.75. The number of nitrogens with one attached hydrogen (secondary N) is 2. The number of amides is 1. The number of hydrogen-bond acceptors (Lipinski definition) is 7. The van der Waals surface area contributed by atoms with Gasteiger partial charge in [-0.2, -0.15) is 0 Å². The standard InChI is InChI=1S/C26H30F2N6O3/c1-37-20(35)12-16-3-2-4-17(11-16)32-24(36)25(14-29)7-9-34(10-8-25)23-21-18-13-26(27,28)6-5-19(18)33-22(21)30-15-31-23/h2-4,11,15H,5-10,12-14,29H2,1H3,(H,32,36)(H,30,31,33). The lowest BCUT2D eigenvalue weighted by atomic mass is 9.77. The number of rotatable bonds is 6. The first kappa shape index (κ1) is 25.1. The molecule has 37 heavy (non-hydrogen) atoms. The van der Waals surface area contributed by atoms with Gasteiger partial charge >= 0.3 is 5.97 Å². The highest BCUT2D eigenvalue weighted by atomic mass is 19.3. The first-order chi connectivity index (χ1) is 17.7. The Hall–Kier alpha value is -3.60. The van der Waals surface area contributed by atoms with Crippen LogP contribution in [0.4, 0.5) is 20.3 Å². The number of aromatic nitrogens is 3. The molecular weight excluding hydrogens is 482 g/mol. The van der Waals surface area contributed by atoms with Crippen molar-refractivity contribution in [1.29, 1.82) is 0 Å². The highest BCUT2D eigenvalue weighted by Crippen LogP contribution is 2.41. The van der Waals surface area contributed by atoms with Crippen LogP contribution in [-0.4, -0.2) is 59.5 Å². The van der Waals surface area contributed by atoms with Crippen LogP contribution in [0, 0.1) is 5.41 Å². The zero-order chi connectivity index (χ0) is 26.2. The van der Waals surface area contributed by atoms with Crippen LogP contribution in [-0.2, 0) is 33.6 Å². The molecule has 1 aromatic carbocycles. The van der Waals surface area contributed by atoms with Gasteiger partial charge in [0.05, 0.1) is 24.3 Å². The fourth-order valence-electron chi connectivity index (χ4n) is 5.35. The monoisotopic (exact) mass is 512 g/mol. The average molecular weight is 513 g/mol. The molecule has 1 aliphatic carbocycles. The van der Waals surface area contributed by atoms with Crippen molar-refractivity contribution in [2.45, 2.75) is 44.4 Å². The molecule has 0 atom stereocenters. The Bertz CT molecular complexity index is 1330. The molecule has 2 aliphatic rings. The van der Waals surface area contributed by atoms with Crippen molar-refractivity contribution in [2.75, 3.05) is 37.0 Å². The van der Waals surface area contributed by atoms with E-state index in [0.29, 0.717) is 54.0 Å². The minimum Gasteiger partial charge on any atom is -0.469 e. The molecule has 0 spiro atoms. The van der Waals surface area contributed by atoms with Crippen LogP contribution in [0.2, 0.25) is 0 Å². The Morgan fingerprint density at radius 3 is 2.73 bits per heavy atom. The summed E-state index contributed by atoms with van der Waals surface area (Å²) in [7, 11) is 1.33. The smallest absolute Gasteiger partial charge is 0.309 e. The number of hydrogen-bond donors (Lipinski definition) is 3. The minimum absolute atomic E-state index is 0.111. The van der Waals surface area contributed by atoms with E-state index < -0.39 is 11.3 Å². The largest absolute Gasteiger partial charge is 0.469 e. The van der Waals surface area contributed by atoms with Gasteiger partial charge < -0.3 is 25.7 Å². The zero-order valence-corrected chi connectivity index (χ0v) is 20.7. The second kappa shape index (κ2) is 9.70. The van der Waals surface area contributed by atoms with Crippen LogP contribution in [0.1, 0.15) is 36.1 Å². The maximum atomic E-state index is 14.2. The number of anilines is 2. The van der Waals surface area contributed by atoms with E-state index in [4.69, 9.17) is 10.5 Å². The molecule has 1 fully saturated rings. The summed E-state index contributed by atoms with van der Waals surface area (Å²) in [6.45, 7) is 1.16. The number of H-pyrrole nitrogens is 1. The molecule has 0 saturated carbocycles. The molecule has 2 aromatic heterocycles. The Morgan fingerprint density at radius 2 is 2.00 bits per heavy atom. The molecule has 4 N–H and O–H groups in total. The summed E-state index contributed by atoms with van der Waals surface area (Å²) in [6, 6.07) is 7.08. The molecule has 0 radical (unpaired) electrons. The van der Waals surface area contributed by atoms with Crippen LogP contribution in [0.15, 0.2) is 30.6 Å². The number of esters is 1. The molecular formula is C26H30F2N6O3. The third kappa shape index (κ3) is 4.87. The zero-order valence-electron chi connectivity index (χ0n) is 20.7. The number of carbonyl (C=O) groups is 2. The molecule has 3 heterocycles. The van der Waals surface area contributed by atoms with Crippen molar-refractivity contribution < 1.29 is 23.1 Å². The van der Waals surface area contributed by atoms with Gasteiger partial charge in [0, 0.05) is 43.9 Å². The molecule has 1 amide bonds. The lowest BCUT2D eigenvalue weighted by Gasteiger charge is -2.40. The number of carbonyl (C=O) groups excluding carboxylic acids is 2. The Kier molecular flexibility index (Phi) is 6.57. The van der Waals surface area contributed by atoms with E-state index in [2.05, 4.69) is 20.3 Å². The number of fused-ring (bicyclic) bond motifs is 3. The summed E-state index contributed by atoms with van der Waals surface area (Å²) in [6.07, 6.45) is 2.27. The van der Waals surface area contributed by atoms with Crippen LogP contribution in [0.5, 0.6) is 0 Å². The third-order valence-electron chi connectivity index (χ3n) is 7.59. The number of ether oxygens (including phenoxy) is 1. The number of halogens is 2. The number of alkyl halides is 2. The Morgan fingerprint density at radius 1 is 1.22 bits per heavy atom. The highest BCUT2D eigenvalue weighted by Gasteiger charge is 2.42. The summed E-state index contributed by atoms with van der Waals surface area (Å²) < 4.78 is 33.2. The van der Waals surface area contributed by atoms with E-state index in [0.717, 1.165) is 11.3 Å². The quantitative estimate of drug-likeness (QED) is 0.434. The maximum Gasteiger partial charge on any atom is 0.309 e. The molecule has 1 aliphatic heterocycles. The number of methoxy groups -OCH3 is 1. The van der Waals surface area contributed by atoms with Gasteiger partial charge in [0.15, 0.2) is 0 Å². The van der Waals surface area contributed by atoms with Crippen molar-refractivity contribution in [3.05, 3.63) is 47.4 Å². The second-order valence-corrected chi connectivity index (χ2v) is 9.91. The summed E-state index contributed by atoms with van der Waals surface area (Å²) in [5, 5.41) is 3.60. The lowest BCUT2D eigenvalue weighted by molar-refractivity contribution is -0.139. The Balaban J connectivity index is 1.33. The van der Waals surface area contributed by atoms with E-state index >= 15 is 0 Å².